The second-order valence-electron chi connectivity index (χ2n) is 4.43. The van der Waals surface area contributed by atoms with Crippen molar-refractivity contribution in [1.82, 2.24) is 5.32 Å². The highest BCUT2D eigenvalue weighted by atomic mass is 16.5. The second kappa shape index (κ2) is 6.89. The second-order valence-corrected chi connectivity index (χ2v) is 4.43. The van der Waals surface area contributed by atoms with E-state index in [2.05, 4.69) is 5.32 Å². The minimum Gasteiger partial charge on any atom is -0.484 e. The molecule has 1 heterocycles. The Morgan fingerprint density at radius 1 is 1.42 bits per heavy atom. The molecular formula is C14H17NO4. The smallest absolute Gasteiger partial charge is 0.258 e. The monoisotopic (exact) mass is 263 g/mol. The summed E-state index contributed by atoms with van der Waals surface area (Å²) in [5.74, 6) is 0.370. The van der Waals surface area contributed by atoms with Gasteiger partial charge in [0.15, 0.2) is 6.61 Å². The van der Waals surface area contributed by atoms with E-state index in [1.165, 1.54) is 0 Å². The maximum absolute atomic E-state index is 11.7. The van der Waals surface area contributed by atoms with Crippen molar-refractivity contribution in [3.8, 4) is 5.75 Å². The van der Waals surface area contributed by atoms with Gasteiger partial charge in [-0.2, -0.15) is 0 Å². The van der Waals surface area contributed by atoms with Crippen LogP contribution in [-0.4, -0.2) is 38.1 Å². The molecule has 1 saturated heterocycles. The Morgan fingerprint density at radius 2 is 2.21 bits per heavy atom. The number of benzene rings is 1. The SMILES string of the molecule is O=Cc1cccc(OCC(=O)NC2CCOCC2)c1. The Balaban J connectivity index is 1.77. The maximum Gasteiger partial charge on any atom is 0.258 e. The quantitative estimate of drug-likeness (QED) is 0.810. The summed E-state index contributed by atoms with van der Waals surface area (Å²) in [4.78, 5) is 22.3. The van der Waals surface area contributed by atoms with Crippen molar-refractivity contribution in [3.05, 3.63) is 29.8 Å². The number of amides is 1. The van der Waals surface area contributed by atoms with Crippen molar-refractivity contribution >= 4 is 12.2 Å². The van der Waals surface area contributed by atoms with Crippen molar-refractivity contribution in [2.24, 2.45) is 0 Å². The third kappa shape index (κ3) is 4.37. The molecule has 0 saturated carbocycles. The zero-order valence-corrected chi connectivity index (χ0v) is 10.6. The number of hydrogen-bond acceptors (Lipinski definition) is 4. The van der Waals surface area contributed by atoms with Crippen LogP contribution in [0.15, 0.2) is 24.3 Å². The first-order chi connectivity index (χ1) is 9.28. The van der Waals surface area contributed by atoms with Crippen molar-refractivity contribution in [1.29, 1.82) is 0 Å². The lowest BCUT2D eigenvalue weighted by Crippen LogP contribution is -2.41. The van der Waals surface area contributed by atoms with Gasteiger partial charge in [-0.1, -0.05) is 12.1 Å². The lowest BCUT2D eigenvalue weighted by molar-refractivity contribution is -0.124. The summed E-state index contributed by atoms with van der Waals surface area (Å²) in [6.45, 7) is 1.33. The largest absolute Gasteiger partial charge is 0.484 e. The average molecular weight is 263 g/mol. The Hall–Kier alpha value is -1.88. The molecule has 1 aliphatic heterocycles. The minimum absolute atomic E-state index is 0.0420. The molecular weight excluding hydrogens is 246 g/mol. The topological polar surface area (TPSA) is 64.6 Å². The molecule has 1 N–H and O–H groups in total. The maximum atomic E-state index is 11.7. The molecule has 0 spiro atoms. The number of carbonyl (C=O) groups excluding carboxylic acids is 2. The van der Waals surface area contributed by atoms with E-state index in [1.807, 2.05) is 0 Å². The number of carbonyl (C=O) groups is 2. The molecule has 5 nitrogen and oxygen atoms in total. The predicted octanol–water partition coefficient (Wildman–Crippen LogP) is 1.17. The molecule has 0 aromatic heterocycles. The van der Waals surface area contributed by atoms with E-state index < -0.39 is 0 Å². The first-order valence-corrected chi connectivity index (χ1v) is 6.33. The van der Waals surface area contributed by atoms with Crippen LogP contribution in [0.4, 0.5) is 0 Å². The van der Waals surface area contributed by atoms with Crippen molar-refractivity contribution in [2.75, 3.05) is 19.8 Å². The van der Waals surface area contributed by atoms with Crippen LogP contribution in [0.25, 0.3) is 0 Å². The summed E-state index contributed by atoms with van der Waals surface area (Å²) < 4.78 is 10.6. The summed E-state index contributed by atoms with van der Waals surface area (Å²) in [6, 6.07) is 6.90. The van der Waals surface area contributed by atoms with Crippen LogP contribution < -0.4 is 10.1 Å². The van der Waals surface area contributed by atoms with Gasteiger partial charge in [0.25, 0.3) is 5.91 Å². The molecule has 1 fully saturated rings. The fraction of sp³-hybridized carbons (Fsp3) is 0.429. The Kier molecular flexibility index (Phi) is 4.92. The van der Waals surface area contributed by atoms with E-state index in [0.717, 1.165) is 19.1 Å². The molecule has 1 aromatic carbocycles. The summed E-state index contributed by atoms with van der Waals surface area (Å²) >= 11 is 0. The van der Waals surface area contributed by atoms with E-state index in [9.17, 15) is 9.59 Å². The number of rotatable bonds is 5. The van der Waals surface area contributed by atoms with Gasteiger partial charge >= 0.3 is 0 Å². The van der Waals surface area contributed by atoms with Gasteiger partial charge in [-0.05, 0) is 25.0 Å². The van der Waals surface area contributed by atoms with Crippen LogP contribution in [-0.2, 0) is 9.53 Å². The van der Waals surface area contributed by atoms with E-state index in [4.69, 9.17) is 9.47 Å². The van der Waals surface area contributed by atoms with Gasteiger partial charge < -0.3 is 14.8 Å². The van der Waals surface area contributed by atoms with Gasteiger partial charge in [0.05, 0.1) is 0 Å². The third-order valence-corrected chi connectivity index (χ3v) is 2.95. The fourth-order valence-electron chi connectivity index (χ4n) is 1.94. The van der Waals surface area contributed by atoms with Gasteiger partial charge in [0.2, 0.25) is 0 Å². The number of aldehydes is 1. The first-order valence-electron chi connectivity index (χ1n) is 6.33. The van der Waals surface area contributed by atoms with Gasteiger partial charge in [-0.15, -0.1) is 0 Å². The lowest BCUT2D eigenvalue weighted by Gasteiger charge is -2.23. The normalized spacial score (nSPS) is 15.8. The molecule has 2 rings (SSSR count). The van der Waals surface area contributed by atoms with Crippen molar-refractivity contribution in [2.45, 2.75) is 18.9 Å². The molecule has 1 aliphatic rings. The highest BCUT2D eigenvalue weighted by molar-refractivity contribution is 5.78. The summed E-state index contributed by atoms with van der Waals surface area (Å²) in [6.07, 6.45) is 2.42. The van der Waals surface area contributed by atoms with E-state index in [0.29, 0.717) is 24.5 Å². The minimum atomic E-state index is -0.150. The van der Waals surface area contributed by atoms with Crippen LogP contribution in [0, 0.1) is 0 Å². The Labute approximate surface area is 111 Å². The molecule has 102 valence electrons. The summed E-state index contributed by atoms with van der Waals surface area (Å²) in [5, 5.41) is 2.90. The molecule has 0 aliphatic carbocycles. The molecule has 1 amide bonds. The number of nitrogens with one attached hydrogen (secondary N) is 1. The highest BCUT2D eigenvalue weighted by Crippen LogP contribution is 2.12. The van der Waals surface area contributed by atoms with Crippen LogP contribution in [0.2, 0.25) is 0 Å². The standard InChI is InChI=1S/C14H17NO4/c16-9-11-2-1-3-13(8-11)19-10-14(17)15-12-4-6-18-7-5-12/h1-3,8-9,12H,4-7,10H2,(H,15,17). The molecule has 1 aromatic rings. The van der Waals surface area contributed by atoms with Gasteiger partial charge in [-0.3, -0.25) is 9.59 Å². The number of hydrogen-bond donors (Lipinski definition) is 1. The molecule has 0 radical (unpaired) electrons. The summed E-state index contributed by atoms with van der Waals surface area (Å²) in [5.41, 5.74) is 0.530. The molecule has 5 heteroatoms. The van der Waals surface area contributed by atoms with Crippen LogP contribution in [0.1, 0.15) is 23.2 Å². The number of ether oxygens (including phenoxy) is 2. The molecule has 0 atom stereocenters. The van der Waals surface area contributed by atoms with Crippen LogP contribution >= 0.6 is 0 Å². The van der Waals surface area contributed by atoms with E-state index >= 15 is 0 Å². The van der Waals surface area contributed by atoms with Crippen molar-refractivity contribution in [3.63, 3.8) is 0 Å². The molecule has 0 bridgehead atoms. The van der Waals surface area contributed by atoms with Gasteiger partial charge in [0.1, 0.15) is 12.0 Å². The van der Waals surface area contributed by atoms with E-state index in [-0.39, 0.29) is 18.6 Å². The lowest BCUT2D eigenvalue weighted by atomic mass is 10.1. The Bertz CT molecular complexity index is 441. The zero-order chi connectivity index (χ0) is 13.5. The van der Waals surface area contributed by atoms with Gasteiger partial charge in [0, 0.05) is 24.8 Å². The van der Waals surface area contributed by atoms with Gasteiger partial charge in [-0.25, -0.2) is 0 Å². The predicted molar refractivity (Wildman–Crippen MR) is 69.3 cm³/mol. The van der Waals surface area contributed by atoms with Crippen LogP contribution in [0.5, 0.6) is 5.75 Å². The fourth-order valence-corrected chi connectivity index (χ4v) is 1.94. The highest BCUT2D eigenvalue weighted by Gasteiger charge is 2.16. The van der Waals surface area contributed by atoms with Crippen LogP contribution in [0.3, 0.4) is 0 Å². The first kappa shape index (κ1) is 13.5. The van der Waals surface area contributed by atoms with E-state index in [1.54, 1.807) is 24.3 Å². The third-order valence-electron chi connectivity index (χ3n) is 2.95. The Morgan fingerprint density at radius 3 is 2.95 bits per heavy atom. The van der Waals surface area contributed by atoms with Crippen molar-refractivity contribution < 1.29 is 19.1 Å². The average Bonchev–Trinajstić information content (AvgIpc) is 2.46. The summed E-state index contributed by atoms with van der Waals surface area (Å²) in [7, 11) is 0. The molecule has 19 heavy (non-hydrogen) atoms. The zero-order valence-electron chi connectivity index (χ0n) is 10.6. The molecule has 0 unspecified atom stereocenters.